The van der Waals surface area contributed by atoms with Crippen LogP contribution >= 0.6 is 0 Å². The summed E-state index contributed by atoms with van der Waals surface area (Å²) in [6.07, 6.45) is 5.37. The summed E-state index contributed by atoms with van der Waals surface area (Å²) in [7, 11) is 0. The van der Waals surface area contributed by atoms with E-state index in [1.54, 1.807) is 0 Å². The maximum atomic E-state index is 12.2. The summed E-state index contributed by atoms with van der Waals surface area (Å²) in [5.74, 6) is 2.21. The van der Waals surface area contributed by atoms with Crippen LogP contribution < -0.4 is 15.4 Å². The zero-order valence-corrected chi connectivity index (χ0v) is 18.9. The van der Waals surface area contributed by atoms with E-state index >= 15 is 0 Å². The monoisotopic (exact) mass is 434 g/mol. The third kappa shape index (κ3) is 6.02. The molecule has 2 aliphatic rings. The summed E-state index contributed by atoms with van der Waals surface area (Å²) in [5, 5.41) is 6.49. The Bertz CT molecular complexity index is 903. The number of carbonyl (C=O) groups excluding carboxylic acids is 1. The topological polar surface area (TPSA) is 66.0 Å². The number of amides is 1. The molecule has 2 fully saturated rings. The summed E-state index contributed by atoms with van der Waals surface area (Å²) < 4.78 is 6.13. The second-order valence-corrected chi connectivity index (χ2v) is 8.60. The highest BCUT2D eigenvalue weighted by Gasteiger charge is 2.25. The van der Waals surface area contributed by atoms with E-state index in [4.69, 9.17) is 9.73 Å². The molecule has 32 heavy (non-hydrogen) atoms. The molecule has 2 aromatic carbocycles. The van der Waals surface area contributed by atoms with Crippen molar-refractivity contribution in [2.75, 3.05) is 25.0 Å². The molecular formula is C26H34N4O2. The Hall–Kier alpha value is -3.02. The van der Waals surface area contributed by atoms with Gasteiger partial charge in [0.1, 0.15) is 11.9 Å². The average Bonchev–Trinajstić information content (AvgIpc) is 2.77. The third-order valence-electron chi connectivity index (χ3n) is 6.20. The number of nitrogens with zero attached hydrogens (tertiary/aromatic N) is 2. The van der Waals surface area contributed by atoms with Crippen molar-refractivity contribution in [3.63, 3.8) is 0 Å². The SMILES string of the molecule is CCNC(=NCc1cccc(NC(=O)C2CCC2)c1)N1CCC(Oc2ccccc2)CC1. The van der Waals surface area contributed by atoms with E-state index in [2.05, 4.69) is 28.5 Å². The van der Waals surface area contributed by atoms with E-state index in [9.17, 15) is 4.79 Å². The molecule has 2 aromatic rings. The standard InChI is InChI=1S/C26H34N4O2/c1-2-27-26(30-16-14-24(15-17-30)32-23-12-4-3-5-13-23)28-19-20-8-6-11-22(18-20)29-25(31)21-9-7-10-21/h3-6,8,11-13,18,21,24H,2,7,9-10,14-17,19H2,1H3,(H,27,28)(H,29,31). The number of benzene rings is 2. The number of anilines is 1. The van der Waals surface area contributed by atoms with Gasteiger partial charge in [-0.25, -0.2) is 4.99 Å². The molecule has 0 unspecified atom stereocenters. The summed E-state index contributed by atoms with van der Waals surface area (Å²) >= 11 is 0. The lowest BCUT2D eigenvalue weighted by molar-refractivity contribution is -0.122. The van der Waals surface area contributed by atoms with Gasteiger partial charge in [-0.05, 0) is 49.6 Å². The number of guanidine groups is 1. The Morgan fingerprint density at radius 3 is 2.53 bits per heavy atom. The number of hydrogen-bond acceptors (Lipinski definition) is 3. The van der Waals surface area contributed by atoms with E-state index < -0.39 is 0 Å². The zero-order valence-electron chi connectivity index (χ0n) is 18.9. The number of para-hydroxylation sites is 1. The summed E-state index contributed by atoms with van der Waals surface area (Å²) in [6, 6.07) is 18.1. The largest absolute Gasteiger partial charge is 0.490 e. The van der Waals surface area contributed by atoms with Gasteiger partial charge in [0, 0.05) is 44.1 Å². The van der Waals surface area contributed by atoms with Crippen LogP contribution in [0.1, 0.15) is 44.6 Å². The number of ether oxygens (including phenoxy) is 1. The third-order valence-corrected chi connectivity index (χ3v) is 6.20. The number of carbonyl (C=O) groups is 1. The minimum Gasteiger partial charge on any atom is -0.490 e. The molecule has 0 spiro atoms. The van der Waals surface area contributed by atoms with E-state index in [0.29, 0.717) is 6.54 Å². The van der Waals surface area contributed by atoms with Gasteiger partial charge in [-0.1, -0.05) is 36.8 Å². The van der Waals surface area contributed by atoms with E-state index in [-0.39, 0.29) is 17.9 Å². The number of hydrogen-bond donors (Lipinski definition) is 2. The predicted octanol–water partition coefficient (Wildman–Crippen LogP) is 4.43. The van der Waals surface area contributed by atoms with Crippen LogP contribution in [0.2, 0.25) is 0 Å². The zero-order chi connectivity index (χ0) is 22.2. The summed E-state index contributed by atoms with van der Waals surface area (Å²) in [4.78, 5) is 19.4. The molecule has 0 atom stereocenters. The van der Waals surface area contributed by atoms with Crippen LogP contribution in [0.15, 0.2) is 59.6 Å². The number of nitrogens with one attached hydrogen (secondary N) is 2. The maximum Gasteiger partial charge on any atom is 0.227 e. The molecule has 4 rings (SSSR count). The fourth-order valence-electron chi connectivity index (χ4n) is 4.13. The van der Waals surface area contributed by atoms with Crippen LogP contribution in [-0.4, -0.2) is 42.5 Å². The molecule has 1 heterocycles. The van der Waals surface area contributed by atoms with Gasteiger partial charge in [0.25, 0.3) is 0 Å². The highest BCUT2D eigenvalue weighted by atomic mass is 16.5. The van der Waals surface area contributed by atoms with Crippen LogP contribution in [0.3, 0.4) is 0 Å². The lowest BCUT2D eigenvalue weighted by Crippen LogP contribution is -2.47. The Labute approximate surface area is 191 Å². The Morgan fingerprint density at radius 2 is 1.84 bits per heavy atom. The Balaban J connectivity index is 1.32. The van der Waals surface area contributed by atoms with E-state index in [0.717, 1.165) is 74.7 Å². The summed E-state index contributed by atoms with van der Waals surface area (Å²) in [6.45, 7) is 5.34. The molecule has 1 aliphatic carbocycles. The van der Waals surface area contributed by atoms with Crippen molar-refractivity contribution < 1.29 is 9.53 Å². The van der Waals surface area contributed by atoms with Crippen LogP contribution in [0.25, 0.3) is 0 Å². The molecule has 0 aromatic heterocycles. The molecule has 2 N–H and O–H groups in total. The molecule has 0 bridgehead atoms. The van der Waals surface area contributed by atoms with Crippen LogP contribution in [-0.2, 0) is 11.3 Å². The van der Waals surface area contributed by atoms with Crippen molar-refractivity contribution in [1.29, 1.82) is 0 Å². The summed E-state index contributed by atoms with van der Waals surface area (Å²) in [5.41, 5.74) is 1.95. The van der Waals surface area contributed by atoms with Gasteiger partial charge in [-0.3, -0.25) is 4.79 Å². The highest BCUT2D eigenvalue weighted by Crippen LogP contribution is 2.27. The van der Waals surface area contributed by atoms with Crippen LogP contribution in [0, 0.1) is 5.92 Å². The van der Waals surface area contributed by atoms with Crippen LogP contribution in [0.5, 0.6) is 5.75 Å². The van der Waals surface area contributed by atoms with Crippen molar-refractivity contribution >= 4 is 17.6 Å². The number of piperidine rings is 1. The molecule has 0 radical (unpaired) electrons. The van der Waals surface area contributed by atoms with Crippen molar-refractivity contribution in [2.24, 2.45) is 10.9 Å². The molecule has 1 saturated carbocycles. The van der Waals surface area contributed by atoms with E-state index in [1.807, 2.05) is 48.5 Å². The smallest absolute Gasteiger partial charge is 0.227 e. The molecule has 1 aliphatic heterocycles. The Kier molecular flexibility index (Phi) is 7.64. The van der Waals surface area contributed by atoms with Gasteiger partial charge in [0.05, 0.1) is 6.54 Å². The van der Waals surface area contributed by atoms with Gasteiger partial charge >= 0.3 is 0 Å². The van der Waals surface area contributed by atoms with Gasteiger partial charge in [-0.15, -0.1) is 0 Å². The molecule has 1 saturated heterocycles. The van der Waals surface area contributed by atoms with Gasteiger partial charge < -0.3 is 20.3 Å². The molecule has 170 valence electrons. The van der Waals surface area contributed by atoms with Gasteiger partial charge in [0.15, 0.2) is 5.96 Å². The molecule has 6 nitrogen and oxygen atoms in total. The minimum atomic E-state index is 0.144. The molecule has 6 heteroatoms. The predicted molar refractivity (Wildman–Crippen MR) is 129 cm³/mol. The fraction of sp³-hybridized carbons (Fsp3) is 0.462. The first-order valence-corrected chi connectivity index (χ1v) is 11.9. The van der Waals surface area contributed by atoms with Crippen LogP contribution in [0.4, 0.5) is 5.69 Å². The normalized spacial score (nSPS) is 17.5. The van der Waals surface area contributed by atoms with Crippen molar-refractivity contribution in [2.45, 2.75) is 51.7 Å². The first-order chi connectivity index (χ1) is 15.7. The second kappa shape index (κ2) is 11.0. The van der Waals surface area contributed by atoms with Crippen molar-refractivity contribution in [3.8, 4) is 5.75 Å². The van der Waals surface area contributed by atoms with Crippen molar-refractivity contribution in [3.05, 3.63) is 60.2 Å². The van der Waals surface area contributed by atoms with Crippen molar-refractivity contribution in [1.82, 2.24) is 10.2 Å². The molecular weight excluding hydrogens is 400 g/mol. The lowest BCUT2D eigenvalue weighted by Gasteiger charge is -2.34. The number of rotatable bonds is 7. The highest BCUT2D eigenvalue weighted by molar-refractivity contribution is 5.93. The first-order valence-electron chi connectivity index (χ1n) is 11.9. The Morgan fingerprint density at radius 1 is 1.06 bits per heavy atom. The van der Waals surface area contributed by atoms with E-state index in [1.165, 1.54) is 0 Å². The quantitative estimate of drug-likeness (QED) is 0.500. The second-order valence-electron chi connectivity index (χ2n) is 8.60. The average molecular weight is 435 g/mol. The number of aliphatic imine (C=N–C) groups is 1. The van der Waals surface area contributed by atoms with Gasteiger partial charge in [-0.2, -0.15) is 0 Å². The lowest BCUT2D eigenvalue weighted by atomic mass is 9.85. The van der Waals surface area contributed by atoms with Gasteiger partial charge in [0.2, 0.25) is 5.91 Å². The molecule has 1 amide bonds. The maximum absolute atomic E-state index is 12.2. The number of likely N-dealkylation sites (tertiary alicyclic amines) is 1. The first kappa shape index (κ1) is 22.2. The fourth-order valence-corrected chi connectivity index (χ4v) is 4.13. The minimum absolute atomic E-state index is 0.144.